The highest BCUT2D eigenvalue weighted by Gasteiger charge is 2.30. The summed E-state index contributed by atoms with van der Waals surface area (Å²) in [7, 11) is -2.11. The molecule has 4 unspecified atom stereocenters. The Balaban J connectivity index is 1.14. The molecule has 1 aromatic carbocycles. The van der Waals surface area contributed by atoms with Crippen LogP contribution in [0.1, 0.15) is 172 Å². The molecule has 3 heterocycles. The molecule has 1 fully saturated rings. The number of nitriles is 1. The lowest BCUT2D eigenvalue weighted by molar-refractivity contribution is -0.00969. The Labute approximate surface area is 331 Å². The average molecular weight is 782 g/mol. The Bertz CT molecular complexity index is 1530. The molecule has 0 amide bonds. The molecule has 2 aromatic heterocycles. The molecule has 0 aliphatic carbocycles. The van der Waals surface area contributed by atoms with Crippen molar-refractivity contribution >= 4 is 19.9 Å². The van der Waals surface area contributed by atoms with E-state index < -0.39 is 8.60 Å². The van der Waals surface area contributed by atoms with Crippen LogP contribution >= 0.6 is 8.60 Å². The molecule has 1 aliphatic rings. The van der Waals surface area contributed by atoms with Crippen LogP contribution in [0.4, 0.5) is 5.82 Å². The third kappa shape index (κ3) is 16.7. The summed E-state index contributed by atoms with van der Waals surface area (Å²) in [5, 5.41) is 13.9. The van der Waals surface area contributed by atoms with Gasteiger partial charge in [0.1, 0.15) is 29.8 Å². The third-order valence-corrected chi connectivity index (χ3v) is 11.1. The minimum atomic E-state index is -2.11. The predicted molar refractivity (Wildman–Crippen MR) is 220 cm³/mol. The summed E-state index contributed by atoms with van der Waals surface area (Å²) in [5.41, 5.74) is 9.09. The van der Waals surface area contributed by atoms with E-state index in [4.69, 9.17) is 29.0 Å². The van der Waals surface area contributed by atoms with E-state index in [1.54, 1.807) is 10.6 Å². The fourth-order valence-corrected chi connectivity index (χ4v) is 7.88. The van der Waals surface area contributed by atoms with Crippen LogP contribution in [0.25, 0.3) is 5.52 Å². The number of hydrogen-bond donors (Lipinski definition) is 2. The number of aromatic nitrogens is 3. The topological polar surface area (TPSA) is 146 Å². The Morgan fingerprint density at radius 3 is 2.20 bits per heavy atom. The van der Waals surface area contributed by atoms with Crippen molar-refractivity contribution in [3.05, 3.63) is 53.5 Å². The van der Waals surface area contributed by atoms with Gasteiger partial charge < -0.3 is 33.9 Å². The van der Waals surface area contributed by atoms with Crippen molar-refractivity contribution in [3.8, 4) is 11.8 Å². The number of ether oxygens (including phenoxy) is 3. The molecule has 55 heavy (non-hydrogen) atoms. The Morgan fingerprint density at radius 2 is 1.56 bits per heavy atom. The van der Waals surface area contributed by atoms with Gasteiger partial charge in [0.2, 0.25) is 0 Å². The summed E-state index contributed by atoms with van der Waals surface area (Å²) >= 11 is 0. The molecule has 0 bridgehead atoms. The highest BCUT2D eigenvalue weighted by atomic mass is 31.2. The van der Waals surface area contributed by atoms with Gasteiger partial charge in [-0.15, -0.1) is 0 Å². The van der Waals surface area contributed by atoms with Gasteiger partial charge >= 0.3 is 8.60 Å². The molecule has 0 radical (unpaired) electrons. The zero-order valence-corrected chi connectivity index (χ0v) is 34.7. The number of unbranched alkanes of at least 4 members (excludes halogenated alkanes) is 16. The van der Waals surface area contributed by atoms with Crippen molar-refractivity contribution < 1.29 is 28.2 Å². The summed E-state index contributed by atoms with van der Waals surface area (Å²) in [4.78, 5) is 14.8. The summed E-state index contributed by atoms with van der Waals surface area (Å²) < 4.78 is 31.8. The van der Waals surface area contributed by atoms with Crippen molar-refractivity contribution in [2.45, 2.75) is 180 Å². The highest BCUT2D eigenvalue weighted by molar-refractivity contribution is 7.40. The smallest absolute Gasteiger partial charge is 0.330 e. The second-order valence-corrected chi connectivity index (χ2v) is 16.3. The average Bonchev–Trinajstić information content (AvgIpc) is 3.84. The van der Waals surface area contributed by atoms with E-state index in [0.29, 0.717) is 23.7 Å². The van der Waals surface area contributed by atoms with Crippen LogP contribution in [-0.2, 0) is 25.1 Å². The molecule has 1 saturated heterocycles. The monoisotopic (exact) mass is 781 g/mol. The molecule has 306 valence electrons. The number of nitrogens with zero attached hydrogens (tertiary/aromatic N) is 4. The first-order chi connectivity index (χ1) is 26.9. The van der Waals surface area contributed by atoms with Crippen LogP contribution in [0.5, 0.6) is 5.75 Å². The van der Waals surface area contributed by atoms with E-state index in [0.717, 1.165) is 48.9 Å². The van der Waals surface area contributed by atoms with Gasteiger partial charge in [0.05, 0.1) is 49.4 Å². The maximum absolute atomic E-state index is 10.7. The quantitative estimate of drug-likeness (QED) is 0.0495. The molecular formula is C43H68N5O6P. The Morgan fingerprint density at radius 1 is 0.909 bits per heavy atom. The van der Waals surface area contributed by atoms with Crippen molar-refractivity contribution in [1.82, 2.24) is 14.6 Å². The number of nitrogens with two attached hydrogens (primary N) is 1. The minimum Gasteiger partial charge on any atom is -0.490 e. The number of anilines is 1. The molecule has 4 rings (SSSR count). The standard InChI is InChI=1S/C43H68N5O6P/c1-4-5-6-7-8-9-10-11-12-13-14-15-16-17-18-19-20-21-37(50-30-35-22-23-36(29-44)42(28-35)53-34(2)3)31-51-55(49)52-32-38-24-27-41(54-38)39-25-26-40-43(45)46-33-47-48(39)40/h22-23,25-26,28,33-34,37-38,41,49H,4-21,24,27,30-32H2,1-3H3,(H2,45,46,47). The van der Waals surface area contributed by atoms with Crippen molar-refractivity contribution in [1.29, 1.82) is 5.26 Å². The molecule has 3 aromatic rings. The zero-order valence-electron chi connectivity index (χ0n) is 33.8. The first kappa shape index (κ1) is 44.9. The van der Waals surface area contributed by atoms with Gasteiger partial charge in [0.15, 0.2) is 5.82 Å². The van der Waals surface area contributed by atoms with Crippen LogP contribution < -0.4 is 10.5 Å². The molecule has 11 nitrogen and oxygen atoms in total. The van der Waals surface area contributed by atoms with Crippen LogP contribution in [-0.4, -0.2) is 51.0 Å². The number of nitrogen functional groups attached to an aromatic ring is 1. The third-order valence-electron chi connectivity index (χ3n) is 10.3. The number of benzene rings is 1. The minimum absolute atomic E-state index is 0.0451. The second-order valence-electron chi connectivity index (χ2n) is 15.3. The molecule has 12 heteroatoms. The normalized spacial score (nSPS) is 16.9. The molecular weight excluding hydrogens is 713 g/mol. The van der Waals surface area contributed by atoms with Crippen LogP contribution in [0.15, 0.2) is 36.7 Å². The van der Waals surface area contributed by atoms with Crippen LogP contribution in [0.2, 0.25) is 0 Å². The van der Waals surface area contributed by atoms with Gasteiger partial charge in [-0.3, -0.25) is 0 Å². The van der Waals surface area contributed by atoms with E-state index in [1.807, 2.05) is 38.1 Å². The van der Waals surface area contributed by atoms with Gasteiger partial charge in [-0.25, -0.2) is 9.50 Å². The summed E-state index contributed by atoms with van der Waals surface area (Å²) in [6.07, 6.45) is 25.9. The molecule has 4 atom stereocenters. The van der Waals surface area contributed by atoms with Gasteiger partial charge in [-0.2, -0.15) is 10.4 Å². The predicted octanol–water partition coefficient (Wildman–Crippen LogP) is 11.1. The van der Waals surface area contributed by atoms with Gasteiger partial charge in [-0.05, 0) is 62.9 Å². The fourth-order valence-electron chi connectivity index (χ4n) is 7.22. The van der Waals surface area contributed by atoms with Crippen molar-refractivity contribution in [2.24, 2.45) is 0 Å². The van der Waals surface area contributed by atoms with Crippen LogP contribution in [0.3, 0.4) is 0 Å². The van der Waals surface area contributed by atoms with Crippen molar-refractivity contribution in [3.63, 3.8) is 0 Å². The molecule has 0 saturated carbocycles. The first-order valence-corrected chi connectivity index (χ1v) is 22.3. The van der Waals surface area contributed by atoms with Crippen molar-refractivity contribution in [2.75, 3.05) is 18.9 Å². The number of hydrogen-bond acceptors (Lipinski definition) is 10. The van der Waals surface area contributed by atoms with Gasteiger partial charge in [0.25, 0.3) is 0 Å². The number of fused-ring (bicyclic) bond motifs is 1. The Hall–Kier alpha value is -2.84. The molecule has 0 spiro atoms. The fraction of sp³-hybridized carbons (Fsp3) is 0.698. The Kier molecular flexibility index (Phi) is 21.3. The van der Waals surface area contributed by atoms with Crippen LogP contribution in [0, 0.1) is 11.3 Å². The summed E-state index contributed by atoms with van der Waals surface area (Å²) in [6.45, 7) is 6.96. The zero-order chi connectivity index (χ0) is 39.1. The maximum atomic E-state index is 10.7. The van der Waals surface area contributed by atoms with E-state index in [9.17, 15) is 10.2 Å². The summed E-state index contributed by atoms with van der Waals surface area (Å²) in [6, 6.07) is 11.6. The SMILES string of the molecule is CCCCCCCCCCCCCCCCCCCC(COP(O)OCC1CCC(c2ccc3c(N)ncnn23)O1)OCc1ccc(C#N)c(OC(C)C)c1. The first-order valence-electron chi connectivity index (χ1n) is 21.2. The lowest BCUT2D eigenvalue weighted by Gasteiger charge is -2.21. The largest absolute Gasteiger partial charge is 0.490 e. The van der Waals surface area contributed by atoms with E-state index in [2.05, 4.69) is 23.1 Å². The second kappa shape index (κ2) is 26.1. The van der Waals surface area contributed by atoms with Gasteiger partial charge in [-0.1, -0.05) is 122 Å². The lowest BCUT2D eigenvalue weighted by atomic mass is 10.0. The molecule has 3 N–H and O–H groups in total. The summed E-state index contributed by atoms with van der Waals surface area (Å²) in [5.74, 6) is 0.988. The van der Waals surface area contributed by atoms with E-state index in [-0.39, 0.29) is 37.6 Å². The lowest BCUT2D eigenvalue weighted by Crippen LogP contribution is -2.20. The van der Waals surface area contributed by atoms with E-state index >= 15 is 0 Å². The van der Waals surface area contributed by atoms with Gasteiger partial charge in [0, 0.05) is 0 Å². The highest BCUT2D eigenvalue weighted by Crippen LogP contribution is 2.38. The van der Waals surface area contributed by atoms with E-state index in [1.165, 1.54) is 103 Å². The maximum Gasteiger partial charge on any atom is 0.330 e. The number of rotatable bonds is 30. The molecule has 1 aliphatic heterocycles.